The van der Waals surface area contributed by atoms with Crippen molar-refractivity contribution in [2.24, 2.45) is 0 Å². The van der Waals surface area contributed by atoms with Gasteiger partial charge in [0.2, 0.25) is 0 Å². The molecular formula is C32H19ClO. The van der Waals surface area contributed by atoms with Gasteiger partial charge in [0, 0.05) is 16.1 Å². The third-order valence-electron chi connectivity index (χ3n) is 7.35. The van der Waals surface area contributed by atoms with Gasteiger partial charge in [0.1, 0.15) is 0 Å². The molecule has 1 spiro atoms. The van der Waals surface area contributed by atoms with Crippen molar-refractivity contribution in [2.75, 3.05) is 0 Å². The molecule has 0 fully saturated rings. The van der Waals surface area contributed by atoms with Crippen molar-refractivity contribution in [2.45, 2.75) is 5.41 Å². The molecule has 0 heterocycles. The predicted molar refractivity (Wildman–Crippen MR) is 138 cm³/mol. The van der Waals surface area contributed by atoms with Crippen molar-refractivity contribution in [1.82, 2.24) is 0 Å². The first kappa shape index (κ1) is 19.5. The molecule has 2 aliphatic rings. The van der Waals surface area contributed by atoms with Crippen molar-refractivity contribution >= 4 is 17.4 Å². The molecule has 2 aliphatic carbocycles. The summed E-state index contributed by atoms with van der Waals surface area (Å²) < 4.78 is 0. The summed E-state index contributed by atoms with van der Waals surface area (Å²) in [6, 6.07) is 39.5. The molecular weight excluding hydrogens is 436 g/mol. The molecule has 5 aromatic rings. The Morgan fingerprint density at radius 3 is 1.65 bits per heavy atom. The Morgan fingerprint density at radius 2 is 1.00 bits per heavy atom. The zero-order chi connectivity index (χ0) is 22.9. The van der Waals surface area contributed by atoms with Crippen molar-refractivity contribution in [3.05, 3.63) is 154 Å². The first-order valence-corrected chi connectivity index (χ1v) is 11.8. The van der Waals surface area contributed by atoms with Gasteiger partial charge in [-0.1, -0.05) is 109 Å². The van der Waals surface area contributed by atoms with E-state index in [1.54, 1.807) is 0 Å². The van der Waals surface area contributed by atoms with Crippen molar-refractivity contribution in [3.8, 4) is 22.3 Å². The number of carbonyl (C=O) groups is 1. The quantitative estimate of drug-likeness (QED) is 0.246. The summed E-state index contributed by atoms with van der Waals surface area (Å²) in [5.41, 5.74) is 10.0. The fourth-order valence-electron chi connectivity index (χ4n) is 6.01. The topological polar surface area (TPSA) is 17.1 Å². The molecule has 160 valence electrons. The fourth-order valence-corrected chi connectivity index (χ4v) is 6.20. The lowest BCUT2D eigenvalue weighted by atomic mass is 9.61. The molecule has 0 aliphatic heterocycles. The van der Waals surface area contributed by atoms with Crippen LogP contribution < -0.4 is 0 Å². The Morgan fingerprint density at radius 1 is 0.471 bits per heavy atom. The van der Waals surface area contributed by atoms with Crippen molar-refractivity contribution in [1.29, 1.82) is 0 Å². The standard InChI is InChI=1S/C32H19ClO/c33-22-9-7-8-20(18-22)21-16-17-26-30(19-21)32(29-15-6-3-12-25(29)31(26)34)27-13-4-1-10-23(27)24-11-2-5-14-28(24)32/h1-19H. The Kier molecular flexibility index (Phi) is 4.04. The smallest absolute Gasteiger partial charge is 0.193 e. The molecule has 2 heteroatoms. The van der Waals surface area contributed by atoms with Gasteiger partial charge < -0.3 is 0 Å². The van der Waals surface area contributed by atoms with E-state index in [2.05, 4.69) is 66.7 Å². The van der Waals surface area contributed by atoms with Crippen LogP contribution >= 0.6 is 11.6 Å². The number of ketones is 1. The molecule has 0 radical (unpaired) electrons. The van der Waals surface area contributed by atoms with Gasteiger partial charge in [-0.2, -0.15) is 0 Å². The van der Waals surface area contributed by atoms with Gasteiger partial charge in [-0.25, -0.2) is 0 Å². The van der Waals surface area contributed by atoms with Gasteiger partial charge in [-0.3, -0.25) is 4.79 Å². The zero-order valence-corrected chi connectivity index (χ0v) is 19.0. The van der Waals surface area contributed by atoms with E-state index in [0.717, 1.165) is 33.4 Å². The third kappa shape index (κ3) is 2.42. The molecule has 0 bridgehead atoms. The summed E-state index contributed by atoms with van der Waals surface area (Å²) in [6.45, 7) is 0. The SMILES string of the molecule is O=C1c2ccccc2C2(c3cc(-c4cccc(Cl)c4)ccc31)c1ccccc1-c1ccccc12. The van der Waals surface area contributed by atoms with E-state index in [-0.39, 0.29) is 5.78 Å². The van der Waals surface area contributed by atoms with Gasteiger partial charge >= 0.3 is 0 Å². The van der Waals surface area contributed by atoms with Crippen LogP contribution in [0.1, 0.15) is 38.2 Å². The normalized spacial score (nSPS) is 14.3. The van der Waals surface area contributed by atoms with Crippen LogP contribution in [0, 0.1) is 0 Å². The highest BCUT2D eigenvalue weighted by atomic mass is 35.5. The van der Waals surface area contributed by atoms with Crippen molar-refractivity contribution < 1.29 is 4.79 Å². The summed E-state index contributed by atoms with van der Waals surface area (Å²) in [7, 11) is 0. The lowest BCUT2D eigenvalue weighted by molar-refractivity contribution is 0.103. The number of benzene rings is 5. The Hall–Kier alpha value is -3.94. The summed E-state index contributed by atoms with van der Waals surface area (Å²) >= 11 is 6.33. The maximum Gasteiger partial charge on any atom is 0.193 e. The van der Waals surface area contributed by atoms with Gasteiger partial charge in [0.15, 0.2) is 5.78 Å². The van der Waals surface area contributed by atoms with Crippen LogP contribution in [0.4, 0.5) is 0 Å². The number of halogens is 1. The minimum absolute atomic E-state index is 0.0794. The molecule has 0 aromatic heterocycles. The Bertz CT molecular complexity index is 1600. The van der Waals surface area contributed by atoms with E-state index in [9.17, 15) is 4.79 Å². The summed E-state index contributed by atoms with van der Waals surface area (Å²) in [5, 5.41) is 0.697. The summed E-state index contributed by atoms with van der Waals surface area (Å²) in [4.78, 5) is 13.8. The summed E-state index contributed by atoms with van der Waals surface area (Å²) in [5.74, 6) is 0.0794. The summed E-state index contributed by atoms with van der Waals surface area (Å²) in [6.07, 6.45) is 0. The number of fused-ring (bicyclic) bond motifs is 9. The second-order valence-electron chi connectivity index (χ2n) is 8.99. The first-order chi connectivity index (χ1) is 16.7. The maximum atomic E-state index is 13.8. The van der Waals surface area contributed by atoms with E-state index < -0.39 is 5.41 Å². The van der Waals surface area contributed by atoms with E-state index in [1.165, 1.54) is 22.3 Å². The minimum atomic E-state index is -0.554. The highest BCUT2D eigenvalue weighted by Gasteiger charge is 2.51. The number of hydrogen-bond acceptors (Lipinski definition) is 1. The van der Waals surface area contributed by atoms with E-state index in [0.29, 0.717) is 5.02 Å². The van der Waals surface area contributed by atoms with Gasteiger partial charge in [0.05, 0.1) is 5.41 Å². The molecule has 34 heavy (non-hydrogen) atoms. The zero-order valence-electron chi connectivity index (χ0n) is 18.3. The van der Waals surface area contributed by atoms with E-state index in [4.69, 9.17) is 11.6 Å². The average molecular weight is 455 g/mol. The van der Waals surface area contributed by atoms with E-state index >= 15 is 0 Å². The van der Waals surface area contributed by atoms with Gasteiger partial charge in [0.25, 0.3) is 0 Å². The lowest BCUT2D eigenvalue weighted by Gasteiger charge is -2.39. The molecule has 0 atom stereocenters. The van der Waals surface area contributed by atoms with E-state index in [1.807, 2.05) is 48.5 Å². The second kappa shape index (κ2) is 7.03. The molecule has 0 unspecified atom stereocenters. The molecule has 0 saturated carbocycles. The third-order valence-corrected chi connectivity index (χ3v) is 7.59. The highest BCUT2D eigenvalue weighted by molar-refractivity contribution is 6.30. The maximum absolute atomic E-state index is 13.8. The molecule has 0 saturated heterocycles. The average Bonchev–Trinajstić information content (AvgIpc) is 3.18. The van der Waals surface area contributed by atoms with Gasteiger partial charge in [-0.15, -0.1) is 0 Å². The molecule has 1 nitrogen and oxygen atoms in total. The van der Waals surface area contributed by atoms with Crippen molar-refractivity contribution in [3.63, 3.8) is 0 Å². The number of carbonyl (C=O) groups excluding carboxylic acids is 1. The van der Waals surface area contributed by atoms with Gasteiger partial charge in [-0.05, 0) is 62.7 Å². The molecule has 0 amide bonds. The van der Waals surface area contributed by atoms with Crippen LogP contribution in [0.15, 0.2) is 115 Å². The number of hydrogen-bond donors (Lipinski definition) is 0. The highest BCUT2D eigenvalue weighted by Crippen LogP contribution is 2.59. The molecule has 7 rings (SSSR count). The fraction of sp³-hybridized carbons (Fsp3) is 0.0312. The van der Waals surface area contributed by atoms with Crippen LogP contribution in [-0.2, 0) is 5.41 Å². The number of rotatable bonds is 1. The predicted octanol–water partition coefficient (Wildman–Crippen LogP) is 7.91. The Balaban J connectivity index is 1.65. The first-order valence-electron chi connectivity index (χ1n) is 11.4. The molecule has 5 aromatic carbocycles. The minimum Gasteiger partial charge on any atom is -0.289 e. The van der Waals surface area contributed by atoms with Crippen LogP contribution in [0.2, 0.25) is 5.02 Å². The van der Waals surface area contributed by atoms with Crippen LogP contribution in [0.5, 0.6) is 0 Å². The molecule has 0 N–H and O–H groups in total. The monoisotopic (exact) mass is 454 g/mol. The van der Waals surface area contributed by atoms with Crippen LogP contribution in [0.3, 0.4) is 0 Å². The lowest BCUT2D eigenvalue weighted by Crippen LogP contribution is -2.36. The van der Waals surface area contributed by atoms with Crippen LogP contribution in [-0.4, -0.2) is 5.78 Å². The second-order valence-corrected chi connectivity index (χ2v) is 9.42. The van der Waals surface area contributed by atoms with Crippen LogP contribution in [0.25, 0.3) is 22.3 Å². The largest absolute Gasteiger partial charge is 0.289 e. The Labute approximate surface area is 203 Å².